The lowest BCUT2D eigenvalue weighted by Crippen LogP contribution is -2.61. The van der Waals surface area contributed by atoms with Crippen LogP contribution in [0.15, 0.2) is 29.0 Å². The summed E-state index contributed by atoms with van der Waals surface area (Å²) in [5.41, 5.74) is 0.943. The maximum absolute atomic E-state index is 5.39. The first-order valence-electron chi connectivity index (χ1n) is 8.50. The summed E-state index contributed by atoms with van der Waals surface area (Å²) in [6.45, 7) is 6.58. The fourth-order valence-corrected chi connectivity index (χ4v) is 3.67. The Balaban J connectivity index is 1.32. The van der Waals surface area contributed by atoms with Crippen LogP contribution in [0.5, 0.6) is 0 Å². The topological polar surface area (TPSA) is 58.3 Å². The predicted molar refractivity (Wildman–Crippen MR) is 86.6 cm³/mol. The van der Waals surface area contributed by atoms with Gasteiger partial charge in [0.2, 0.25) is 11.7 Å². The van der Waals surface area contributed by atoms with Gasteiger partial charge in [-0.05, 0) is 38.4 Å². The minimum Gasteiger partial charge on any atom is -0.338 e. The molecule has 0 aromatic carbocycles. The molecule has 0 N–H and O–H groups in total. The monoisotopic (exact) mass is 313 g/mol. The zero-order valence-corrected chi connectivity index (χ0v) is 13.6. The van der Waals surface area contributed by atoms with E-state index in [0.717, 1.165) is 31.2 Å². The van der Waals surface area contributed by atoms with Crippen molar-refractivity contribution in [3.05, 3.63) is 30.4 Å². The lowest BCUT2D eigenvalue weighted by Gasteiger charge is -2.48. The van der Waals surface area contributed by atoms with E-state index in [4.69, 9.17) is 4.52 Å². The average Bonchev–Trinajstić information content (AvgIpc) is 3.01. The van der Waals surface area contributed by atoms with Crippen LogP contribution in [-0.4, -0.2) is 56.6 Å². The first-order valence-corrected chi connectivity index (χ1v) is 8.50. The summed E-state index contributed by atoms with van der Waals surface area (Å²) in [7, 11) is 0. The molecule has 2 fully saturated rings. The second-order valence-electron chi connectivity index (χ2n) is 6.68. The molecule has 0 bridgehead atoms. The van der Waals surface area contributed by atoms with E-state index in [1.165, 1.54) is 25.8 Å². The van der Waals surface area contributed by atoms with Crippen LogP contribution < -0.4 is 0 Å². The average molecular weight is 313 g/mol. The van der Waals surface area contributed by atoms with Gasteiger partial charge in [0.1, 0.15) is 0 Å². The summed E-state index contributed by atoms with van der Waals surface area (Å²) < 4.78 is 5.39. The Labute approximate surface area is 136 Å². The van der Waals surface area contributed by atoms with Crippen molar-refractivity contribution in [2.75, 3.05) is 19.6 Å². The molecule has 4 rings (SSSR count). The van der Waals surface area contributed by atoms with E-state index in [1.807, 2.05) is 12.1 Å². The Morgan fingerprint density at radius 1 is 1.22 bits per heavy atom. The molecule has 2 aromatic heterocycles. The van der Waals surface area contributed by atoms with Crippen molar-refractivity contribution in [3.8, 4) is 11.4 Å². The molecule has 0 aliphatic carbocycles. The van der Waals surface area contributed by atoms with Crippen LogP contribution in [0.4, 0.5) is 0 Å². The van der Waals surface area contributed by atoms with Crippen molar-refractivity contribution in [1.82, 2.24) is 24.9 Å². The quantitative estimate of drug-likeness (QED) is 0.862. The number of aromatic nitrogens is 3. The molecule has 2 saturated heterocycles. The molecule has 6 heteroatoms. The molecule has 2 aliphatic rings. The zero-order chi connectivity index (χ0) is 15.6. The molecule has 2 aliphatic heterocycles. The number of nitrogens with zero attached hydrogens (tertiary/aromatic N) is 5. The molecular weight excluding hydrogens is 290 g/mol. The van der Waals surface area contributed by atoms with Crippen molar-refractivity contribution in [2.45, 2.75) is 44.8 Å². The van der Waals surface area contributed by atoms with Gasteiger partial charge in [-0.1, -0.05) is 11.6 Å². The minimum absolute atomic E-state index is 0.643. The Morgan fingerprint density at radius 2 is 2.04 bits per heavy atom. The molecule has 0 radical (unpaired) electrons. The van der Waals surface area contributed by atoms with Gasteiger partial charge >= 0.3 is 0 Å². The number of hydrogen-bond acceptors (Lipinski definition) is 6. The standard InChI is InChI=1S/C17H23N5O/c1-13-4-2-3-9-22(13)15-10-21(11-15)12-16-19-17(20-23-16)14-5-7-18-8-6-14/h5-8,13,15H,2-4,9-12H2,1H3. The fourth-order valence-electron chi connectivity index (χ4n) is 3.67. The summed E-state index contributed by atoms with van der Waals surface area (Å²) >= 11 is 0. The number of rotatable bonds is 4. The van der Waals surface area contributed by atoms with Gasteiger partial charge in [0.15, 0.2) is 0 Å². The van der Waals surface area contributed by atoms with Crippen LogP contribution in [0.3, 0.4) is 0 Å². The molecule has 23 heavy (non-hydrogen) atoms. The molecule has 0 saturated carbocycles. The van der Waals surface area contributed by atoms with Crippen molar-refractivity contribution in [3.63, 3.8) is 0 Å². The Bertz CT molecular complexity index is 637. The van der Waals surface area contributed by atoms with E-state index >= 15 is 0 Å². The molecule has 4 heterocycles. The SMILES string of the molecule is CC1CCCCN1C1CN(Cc2nc(-c3ccncc3)no2)C1. The van der Waals surface area contributed by atoms with Gasteiger partial charge in [0, 0.05) is 43.1 Å². The van der Waals surface area contributed by atoms with Crippen LogP contribution in [0.1, 0.15) is 32.1 Å². The second kappa shape index (κ2) is 6.37. The third kappa shape index (κ3) is 3.14. The van der Waals surface area contributed by atoms with Crippen LogP contribution in [0.25, 0.3) is 11.4 Å². The summed E-state index contributed by atoms with van der Waals surface area (Å²) in [5, 5.41) is 4.07. The van der Waals surface area contributed by atoms with E-state index in [0.29, 0.717) is 17.8 Å². The first kappa shape index (κ1) is 14.8. The van der Waals surface area contributed by atoms with Gasteiger partial charge < -0.3 is 4.52 Å². The van der Waals surface area contributed by atoms with Crippen molar-refractivity contribution < 1.29 is 4.52 Å². The highest BCUT2D eigenvalue weighted by atomic mass is 16.5. The van der Waals surface area contributed by atoms with Gasteiger partial charge in [-0.3, -0.25) is 14.8 Å². The van der Waals surface area contributed by atoms with Gasteiger partial charge in [0.25, 0.3) is 0 Å². The zero-order valence-electron chi connectivity index (χ0n) is 13.6. The molecule has 1 unspecified atom stereocenters. The van der Waals surface area contributed by atoms with Crippen molar-refractivity contribution in [1.29, 1.82) is 0 Å². The summed E-state index contributed by atoms with van der Waals surface area (Å²) in [5.74, 6) is 1.34. The summed E-state index contributed by atoms with van der Waals surface area (Å²) in [4.78, 5) is 13.6. The third-order valence-corrected chi connectivity index (χ3v) is 5.03. The summed E-state index contributed by atoms with van der Waals surface area (Å²) in [6, 6.07) is 5.23. The molecule has 6 nitrogen and oxygen atoms in total. The predicted octanol–water partition coefficient (Wildman–Crippen LogP) is 2.19. The maximum atomic E-state index is 5.39. The highest BCUT2D eigenvalue weighted by molar-refractivity contribution is 5.52. The summed E-state index contributed by atoms with van der Waals surface area (Å²) in [6.07, 6.45) is 7.56. The van der Waals surface area contributed by atoms with Gasteiger partial charge in [0.05, 0.1) is 6.54 Å². The lowest BCUT2D eigenvalue weighted by atomic mass is 9.97. The lowest BCUT2D eigenvalue weighted by molar-refractivity contribution is -0.0103. The second-order valence-corrected chi connectivity index (χ2v) is 6.68. The van der Waals surface area contributed by atoms with Crippen LogP contribution in [0, 0.1) is 0 Å². The molecule has 2 aromatic rings. The van der Waals surface area contributed by atoms with Crippen LogP contribution >= 0.6 is 0 Å². The van der Waals surface area contributed by atoms with E-state index in [1.54, 1.807) is 12.4 Å². The van der Waals surface area contributed by atoms with Crippen LogP contribution in [0.2, 0.25) is 0 Å². The van der Waals surface area contributed by atoms with Gasteiger partial charge in [-0.25, -0.2) is 0 Å². The molecule has 122 valence electrons. The Kier molecular flexibility index (Phi) is 4.10. The van der Waals surface area contributed by atoms with Gasteiger partial charge in [-0.2, -0.15) is 4.98 Å². The third-order valence-electron chi connectivity index (χ3n) is 5.03. The maximum Gasteiger partial charge on any atom is 0.241 e. The first-order chi connectivity index (χ1) is 11.3. The van der Waals surface area contributed by atoms with Crippen LogP contribution in [-0.2, 0) is 6.54 Å². The normalized spacial score (nSPS) is 23.8. The smallest absolute Gasteiger partial charge is 0.241 e. The number of piperidine rings is 1. The highest BCUT2D eigenvalue weighted by Gasteiger charge is 2.35. The van der Waals surface area contributed by atoms with Crippen molar-refractivity contribution >= 4 is 0 Å². The minimum atomic E-state index is 0.643. The molecule has 1 atom stereocenters. The van der Waals surface area contributed by atoms with E-state index in [-0.39, 0.29) is 0 Å². The van der Waals surface area contributed by atoms with Gasteiger partial charge in [-0.15, -0.1) is 0 Å². The molecule has 0 spiro atoms. The van der Waals surface area contributed by atoms with Crippen molar-refractivity contribution in [2.24, 2.45) is 0 Å². The largest absolute Gasteiger partial charge is 0.338 e. The fraction of sp³-hybridized carbons (Fsp3) is 0.588. The number of pyridine rings is 1. The number of likely N-dealkylation sites (tertiary alicyclic amines) is 2. The molecular formula is C17H23N5O. The Hall–Kier alpha value is -1.79. The Morgan fingerprint density at radius 3 is 2.83 bits per heavy atom. The number of hydrogen-bond donors (Lipinski definition) is 0. The van der Waals surface area contributed by atoms with E-state index in [9.17, 15) is 0 Å². The van der Waals surface area contributed by atoms with E-state index in [2.05, 4.69) is 31.8 Å². The van der Waals surface area contributed by atoms with E-state index < -0.39 is 0 Å². The highest BCUT2D eigenvalue weighted by Crippen LogP contribution is 2.25. The molecule has 0 amide bonds.